The highest BCUT2D eigenvalue weighted by molar-refractivity contribution is 7.90. The molecule has 10 heteroatoms. The van der Waals surface area contributed by atoms with Crippen LogP contribution in [0.1, 0.15) is 32.9 Å². The van der Waals surface area contributed by atoms with Gasteiger partial charge in [0.2, 0.25) is 0 Å². The fraction of sp³-hybridized carbons (Fsp3) is 0.143. The number of aromatic nitrogens is 4. The molecule has 0 radical (unpaired) electrons. The molecule has 0 aliphatic heterocycles. The minimum absolute atomic E-state index is 0.0567. The molecular formula is C21H18FN5O3S. The number of benzene rings is 1. The van der Waals surface area contributed by atoms with Crippen molar-refractivity contribution in [2.24, 2.45) is 0 Å². The standard InChI is InChI=1S/C21H18FN5O3S/c1-12(14-7-8-23-18(9-14)31(2,29)30)26-21(28)17-10-24-19(20-16(17)11-25-27-20)13-3-5-15(22)6-4-13/h3-12H,1-2H3,(H,25,27)(H,26,28)/t12-/m0/s1/i1D3. The van der Waals surface area contributed by atoms with Gasteiger partial charge >= 0.3 is 0 Å². The second kappa shape index (κ2) is 7.88. The van der Waals surface area contributed by atoms with Crippen LogP contribution in [0, 0.1) is 5.82 Å². The molecular weight excluding hydrogens is 421 g/mol. The van der Waals surface area contributed by atoms with Crippen molar-refractivity contribution in [3.63, 3.8) is 0 Å². The predicted molar refractivity (Wildman–Crippen MR) is 113 cm³/mol. The third kappa shape index (κ3) is 4.15. The third-order valence-electron chi connectivity index (χ3n) is 4.60. The van der Waals surface area contributed by atoms with Crippen LogP contribution in [-0.4, -0.2) is 40.7 Å². The van der Waals surface area contributed by atoms with Crippen LogP contribution in [0.3, 0.4) is 0 Å². The van der Waals surface area contributed by atoms with Crippen molar-refractivity contribution in [1.29, 1.82) is 0 Å². The van der Waals surface area contributed by atoms with Gasteiger partial charge in [-0.3, -0.25) is 14.9 Å². The Balaban J connectivity index is 1.72. The molecule has 8 nitrogen and oxygen atoms in total. The van der Waals surface area contributed by atoms with Gasteiger partial charge in [0.25, 0.3) is 5.91 Å². The molecule has 0 bridgehead atoms. The van der Waals surface area contributed by atoms with Crippen LogP contribution in [0.5, 0.6) is 0 Å². The second-order valence-corrected chi connectivity index (χ2v) is 8.75. The Labute approximate surface area is 181 Å². The summed E-state index contributed by atoms with van der Waals surface area (Å²) in [7, 11) is -3.69. The van der Waals surface area contributed by atoms with Crippen molar-refractivity contribution in [2.45, 2.75) is 17.9 Å². The number of hydrogen-bond donors (Lipinski definition) is 2. The SMILES string of the molecule is [2H]C([2H])([2H])[C@H](NC(=O)c1cnc(-c2ccc(F)cc2)c2[nH]ncc12)c1ccnc(S(C)(=O)=O)c1. The number of nitrogens with one attached hydrogen (secondary N) is 2. The number of halogens is 1. The molecule has 4 rings (SSSR count). The first-order valence-corrected chi connectivity index (χ1v) is 10.9. The number of H-pyrrole nitrogens is 1. The largest absolute Gasteiger partial charge is 0.345 e. The summed E-state index contributed by atoms with van der Waals surface area (Å²) in [5.41, 5.74) is 1.55. The Morgan fingerprint density at radius 2 is 1.97 bits per heavy atom. The van der Waals surface area contributed by atoms with Crippen LogP contribution in [0.15, 0.2) is 60.0 Å². The first kappa shape index (κ1) is 17.1. The molecule has 0 aliphatic carbocycles. The molecule has 0 aliphatic rings. The zero-order valence-electron chi connectivity index (χ0n) is 19.1. The summed E-state index contributed by atoms with van der Waals surface area (Å²) in [6, 6.07) is 6.56. The van der Waals surface area contributed by atoms with Gasteiger partial charge in [-0.15, -0.1) is 0 Å². The van der Waals surface area contributed by atoms with E-state index in [1.165, 1.54) is 48.9 Å². The number of fused-ring (bicyclic) bond motifs is 1. The van der Waals surface area contributed by atoms with E-state index in [0.29, 0.717) is 22.2 Å². The first-order chi connectivity index (χ1) is 15.9. The number of amides is 1. The summed E-state index contributed by atoms with van der Waals surface area (Å²) in [5, 5.41) is 9.26. The van der Waals surface area contributed by atoms with Crippen LogP contribution in [-0.2, 0) is 9.84 Å². The molecule has 0 fully saturated rings. The van der Waals surface area contributed by atoms with E-state index in [-0.39, 0.29) is 16.2 Å². The summed E-state index contributed by atoms with van der Waals surface area (Å²) < 4.78 is 60.7. The van der Waals surface area contributed by atoms with Gasteiger partial charge in [-0.1, -0.05) is 0 Å². The van der Waals surface area contributed by atoms with Gasteiger partial charge < -0.3 is 5.32 Å². The molecule has 1 aromatic carbocycles. The van der Waals surface area contributed by atoms with Crippen LogP contribution < -0.4 is 5.32 Å². The zero-order chi connectivity index (χ0) is 24.7. The van der Waals surface area contributed by atoms with E-state index in [9.17, 15) is 17.6 Å². The second-order valence-electron chi connectivity index (χ2n) is 6.79. The van der Waals surface area contributed by atoms with Gasteiger partial charge in [-0.25, -0.2) is 17.8 Å². The van der Waals surface area contributed by atoms with Crippen molar-refractivity contribution in [2.75, 3.05) is 6.26 Å². The van der Waals surface area contributed by atoms with Crippen molar-refractivity contribution < 1.29 is 21.7 Å². The Morgan fingerprint density at radius 3 is 2.68 bits per heavy atom. The highest BCUT2D eigenvalue weighted by Crippen LogP contribution is 2.27. The quantitative estimate of drug-likeness (QED) is 0.491. The summed E-state index contributed by atoms with van der Waals surface area (Å²) in [6.45, 7) is -2.69. The third-order valence-corrected chi connectivity index (χ3v) is 5.58. The number of sulfone groups is 1. The molecule has 0 saturated heterocycles. The predicted octanol–water partition coefficient (Wildman–Crippen LogP) is 3.05. The molecule has 3 aromatic heterocycles. The number of nitrogens with zero attached hydrogens (tertiary/aromatic N) is 3. The molecule has 0 saturated carbocycles. The monoisotopic (exact) mass is 442 g/mol. The van der Waals surface area contributed by atoms with E-state index >= 15 is 0 Å². The van der Waals surface area contributed by atoms with E-state index < -0.39 is 34.5 Å². The minimum atomic E-state index is -3.69. The highest BCUT2D eigenvalue weighted by atomic mass is 32.2. The van der Waals surface area contributed by atoms with Gasteiger partial charge in [0.1, 0.15) is 5.82 Å². The number of hydrogen-bond acceptors (Lipinski definition) is 6. The van der Waals surface area contributed by atoms with E-state index in [4.69, 9.17) is 4.11 Å². The highest BCUT2D eigenvalue weighted by Gasteiger charge is 2.19. The van der Waals surface area contributed by atoms with E-state index in [0.717, 1.165) is 12.3 Å². The Bertz CT molecular complexity index is 1490. The van der Waals surface area contributed by atoms with Crippen molar-refractivity contribution in [1.82, 2.24) is 25.5 Å². The number of carbonyl (C=O) groups excluding carboxylic acids is 1. The topological polar surface area (TPSA) is 118 Å². The molecule has 1 amide bonds. The lowest BCUT2D eigenvalue weighted by Crippen LogP contribution is -2.27. The van der Waals surface area contributed by atoms with Gasteiger partial charge in [0, 0.05) is 33.7 Å². The van der Waals surface area contributed by atoms with Crippen molar-refractivity contribution >= 4 is 26.6 Å². The van der Waals surface area contributed by atoms with E-state index in [1.807, 2.05) is 0 Å². The van der Waals surface area contributed by atoms with Gasteiger partial charge in [-0.05, 0) is 48.8 Å². The number of rotatable bonds is 5. The Hall–Kier alpha value is -3.66. The molecule has 2 N–H and O–H groups in total. The van der Waals surface area contributed by atoms with Crippen LogP contribution in [0.25, 0.3) is 22.2 Å². The summed E-state index contributed by atoms with van der Waals surface area (Å²) in [5.74, 6) is -1.16. The van der Waals surface area contributed by atoms with Crippen molar-refractivity contribution in [3.05, 3.63) is 71.9 Å². The number of pyridine rings is 2. The maximum atomic E-state index is 13.3. The zero-order valence-corrected chi connectivity index (χ0v) is 16.9. The molecule has 1 atom stereocenters. The maximum Gasteiger partial charge on any atom is 0.254 e. The average molecular weight is 442 g/mol. The van der Waals surface area contributed by atoms with E-state index in [1.54, 1.807) is 0 Å². The normalized spacial score (nSPS) is 14.5. The van der Waals surface area contributed by atoms with Crippen molar-refractivity contribution in [3.8, 4) is 11.3 Å². The fourth-order valence-corrected chi connectivity index (χ4v) is 3.64. The molecule has 4 aromatic rings. The number of carbonyl (C=O) groups is 1. The first-order valence-electron chi connectivity index (χ1n) is 10.5. The molecule has 0 unspecified atom stereocenters. The molecule has 3 heterocycles. The summed E-state index contributed by atoms with van der Waals surface area (Å²) in [6.07, 6.45) is 4.80. The number of aromatic amines is 1. The van der Waals surface area contributed by atoms with Gasteiger partial charge in [-0.2, -0.15) is 5.10 Å². The van der Waals surface area contributed by atoms with E-state index in [2.05, 4.69) is 25.5 Å². The van der Waals surface area contributed by atoms with Crippen LogP contribution in [0.4, 0.5) is 4.39 Å². The maximum absolute atomic E-state index is 13.3. The molecule has 158 valence electrons. The Kier molecular flexibility index (Phi) is 4.34. The lowest BCUT2D eigenvalue weighted by molar-refractivity contribution is 0.0941. The lowest BCUT2D eigenvalue weighted by atomic mass is 10.1. The lowest BCUT2D eigenvalue weighted by Gasteiger charge is -2.15. The van der Waals surface area contributed by atoms with Crippen LogP contribution in [0.2, 0.25) is 0 Å². The average Bonchev–Trinajstić information content (AvgIpc) is 3.26. The molecule has 0 spiro atoms. The summed E-state index contributed by atoms with van der Waals surface area (Å²) in [4.78, 5) is 21.2. The molecule has 31 heavy (non-hydrogen) atoms. The Morgan fingerprint density at radius 1 is 1.19 bits per heavy atom. The smallest absolute Gasteiger partial charge is 0.254 e. The fourth-order valence-electron chi connectivity index (χ4n) is 3.04. The van der Waals surface area contributed by atoms with Gasteiger partial charge in [0.05, 0.1) is 29.0 Å². The van der Waals surface area contributed by atoms with Crippen LogP contribution >= 0.6 is 0 Å². The minimum Gasteiger partial charge on any atom is -0.345 e. The summed E-state index contributed by atoms with van der Waals surface area (Å²) >= 11 is 0. The van der Waals surface area contributed by atoms with Gasteiger partial charge in [0.15, 0.2) is 14.9 Å².